The monoisotopic (exact) mass is 251 g/mol. The van der Waals surface area contributed by atoms with Gasteiger partial charge in [-0.15, -0.1) is 0 Å². The molecule has 0 saturated heterocycles. The standard InChI is InChI=1S/C11H13N3O4/c1-4-17-11-8(10(15)16)13-9(18-11)7-5-12-14(3)6(7)2/h5H,4H2,1-3H3,(H,15,16). The highest BCUT2D eigenvalue weighted by Gasteiger charge is 2.23. The first-order chi connectivity index (χ1) is 8.54. The largest absolute Gasteiger partial charge is 0.476 e. The van der Waals surface area contributed by atoms with Crippen molar-refractivity contribution >= 4 is 5.97 Å². The molecule has 0 aliphatic carbocycles. The van der Waals surface area contributed by atoms with E-state index in [-0.39, 0.29) is 17.5 Å². The fourth-order valence-corrected chi connectivity index (χ4v) is 1.49. The van der Waals surface area contributed by atoms with Gasteiger partial charge in [-0.3, -0.25) is 4.68 Å². The third-order valence-electron chi connectivity index (χ3n) is 2.54. The maximum Gasteiger partial charge on any atom is 0.362 e. The van der Waals surface area contributed by atoms with Gasteiger partial charge in [0.05, 0.1) is 18.4 Å². The maximum absolute atomic E-state index is 11.0. The molecule has 0 aliphatic rings. The molecule has 0 aliphatic heterocycles. The van der Waals surface area contributed by atoms with Crippen LogP contribution in [0.3, 0.4) is 0 Å². The van der Waals surface area contributed by atoms with Crippen molar-refractivity contribution < 1.29 is 19.1 Å². The van der Waals surface area contributed by atoms with E-state index in [0.717, 1.165) is 5.69 Å². The lowest BCUT2D eigenvalue weighted by atomic mass is 10.2. The summed E-state index contributed by atoms with van der Waals surface area (Å²) in [5.41, 5.74) is 1.25. The first-order valence-electron chi connectivity index (χ1n) is 5.40. The SMILES string of the molecule is CCOc1oc(-c2cnn(C)c2C)nc1C(=O)O. The second-order valence-corrected chi connectivity index (χ2v) is 3.66. The number of oxazole rings is 1. The smallest absolute Gasteiger partial charge is 0.362 e. The molecule has 7 nitrogen and oxygen atoms in total. The molecule has 1 N–H and O–H groups in total. The van der Waals surface area contributed by atoms with Gasteiger partial charge >= 0.3 is 11.9 Å². The molecular formula is C11H13N3O4. The number of ether oxygens (including phenoxy) is 1. The van der Waals surface area contributed by atoms with Crippen LogP contribution in [0.25, 0.3) is 11.5 Å². The van der Waals surface area contributed by atoms with Crippen molar-refractivity contribution in [3.05, 3.63) is 17.6 Å². The Morgan fingerprint density at radius 2 is 2.33 bits per heavy atom. The van der Waals surface area contributed by atoms with E-state index in [1.807, 2.05) is 6.92 Å². The summed E-state index contributed by atoms with van der Waals surface area (Å²) in [7, 11) is 1.78. The molecule has 0 amide bonds. The molecule has 0 atom stereocenters. The Morgan fingerprint density at radius 3 is 2.83 bits per heavy atom. The quantitative estimate of drug-likeness (QED) is 0.885. The first kappa shape index (κ1) is 12.2. The van der Waals surface area contributed by atoms with Gasteiger partial charge in [-0.2, -0.15) is 10.1 Å². The van der Waals surface area contributed by atoms with Crippen molar-refractivity contribution in [2.24, 2.45) is 7.05 Å². The molecule has 96 valence electrons. The number of aromatic nitrogens is 3. The van der Waals surface area contributed by atoms with Crippen molar-refractivity contribution in [1.82, 2.24) is 14.8 Å². The molecule has 2 heterocycles. The van der Waals surface area contributed by atoms with Crippen LogP contribution in [0.2, 0.25) is 0 Å². The van der Waals surface area contributed by atoms with Gasteiger partial charge in [0.2, 0.25) is 11.6 Å². The Morgan fingerprint density at radius 1 is 1.61 bits per heavy atom. The summed E-state index contributed by atoms with van der Waals surface area (Å²) in [6.45, 7) is 3.89. The maximum atomic E-state index is 11.0. The van der Waals surface area contributed by atoms with Crippen LogP contribution in [0.4, 0.5) is 0 Å². The van der Waals surface area contributed by atoms with Crippen molar-refractivity contribution in [3.63, 3.8) is 0 Å². The fourth-order valence-electron chi connectivity index (χ4n) is 1.49. The number of aromatic carboxylic acids is 1. The van der Waals surface area contributed by atoms with E-state index in [1.54, 1.807) is 24.9 Å². The van der Waals surface area contributed by atoms with Crippen molar-refractivity contribution in [1.29, 1.82) is 0 Å². The van der Waals surface area contributed by atoms with E-state index in [2.05, 4.69) is 10.1 Å². The zero-order valence-electron chi connectivity index (χ0n) is 10.3. The second-order valence-electron chi connectivity index (χ2n) is 3.66. The highest BCUT2D eigenvalue weighted by atomic mass is 16.6. The van der Waals surface area contributed by atoms with Gasteiger partial charge in [0.15, 0.2) is 0 Å². The summed E-state index contributed by atoms with van der Waals surface area (Å²) < 4.78 is 12.1. The van der Waals surface area contributed by atoms with Crippen LogP contribution in [0.15, 0.2) is 10.6 Å². The third-order valence-corrected chi connectivity index (χ3v) is 2.54. The molecule has 18 heavy (non-hydrogen) atoms. The molecule has 2 rings (SSSR count). The van der Waals surface area contributed by atoms with Crippen LogP contribution >= 0.6 is 0 Å². The highest BCUT2D eigenvalue weighted by molar-refractivity contribution is 5.88. The Labute approximate surface area is 103 Å². The summed E-state index contributed by atoms with van der Waals surface area (Å²) >= 11 is 0. The number of aryl methyl sites for hydroxylation is 1. The molecule has 0 unspecified atom stereocenters. The van der Waals surface area contributed by atoms with E-state index < -0.39 is 5.97 Å². The number of hydrogen-bond donors (Lipinski definition) is 1. The third kappa shape index (κ3) is 1.94. The summed E-state index contributed by atoms with van der Waals surface area (Å²) in [5, 5.41) is 13.1. The van der Waals surface area contributed by atoms with Gasteiger partial charge in [-0.25, -0.2) is 4.79 Å². The highest BCUT2D eigenvalue weighted by Crippen LogP contribution is 2.29. The van der Waals surface area contributed by atoms with Gasteiger partial charge in [0.25, 0.3) is 0 Å². The minimum Gasteiger partial charge on any atom is -0.476 e. The predicted octanol–water partition coefficient (Wildman–Crippen LogP) is 1.48. The Balaban J connectivity index is 2.49. The van der Waals surface area contributed by atoms with Crippen molar-refractivity contribution in [2.75, 3.05) is 6.61 Å². The molecule has 2 aromatic heterocycles. The van der Waals surface area contributed by atoms with Crippen molar-refractivity contribution in [2.45, 2.75) is 13.8 Å². The van der Waals surface area contributed by atoms with Gasteiger partial charge in [0.1, 0.15) is 0 Å². The Hall–Kier alpha value is -2.31. The fraction of sp³-hybridized carbons (Fsp3) is 0.364. The molecule has 0 fully saturated rings. The van der Waals surface area contributed by atoms with Gasteiger partial charge in [0, 0.05) is 12.7 Å². The zero-order valence-corrected chi connectivity index (χ0v) is 10.3. The molecule has 0 radical (unpaired) electrons. The molecule has 7 heteroatoms. The number of hydrogen-bond acceptors (Lipinski definition) is 5. The molecule has 0 saturated carbocycles. The van der Waals surface area contributed by atoms with E-state index in [0.29, 0.717) is 12.2 Å². The lowest BCUT2D eigenvalue weighted by Gasteiger charge is -1.97. The zero-order chi connectivity index (χ0) is 13.3. The molecule has 2 aromatic rings. The average molecular weight is 251 g/mol. The van der Waals surface area contributed by atoms with E-state index >= 15 is 0 Å². The predicted molar refractivity (Wildman–Crippen MR) is 61.6 cm³/mol. The topological polar surface area (TPSA) is 90.4 Å². The first-order valence-corrected chi connectivity index (χ1v) is 5.40. The van der Waals surface area contributed by atoms with E-state index in [9.17, 15) is 4.79 Å². The lowest BCUT2D eigenvalue weighted by molar-refractivity contribution is 0.0683. The second kappa shape index (κ2) is 4.52. The van der Waals surface area contributed by atoms with Crippen LogP contribution < -0.4 is 4.74 Å². The lowest BCUT2D eigenvalue weighted by Crippen LogP contribution is -2.01. The number of rotatable bonds is 4. The average Bonchev–Trinajstić information content (AvgIpc) is 2.86. The number of carboxylic acids is 1. The summed E-state index contributed by atoms with van der Waals surface area (Å²) in [5.74, 6) is -1.07. The number of carbonyl (C=O) groups is 1. The van der Waals surface area contributed by atoms with Crippen LogP contribution in [-0.2, 0) is 7.05 Å². The van der Waals surface area contributed by atoms with Crippen LogP contribution in [0.1, 0.15) is 23.1 Å². The summed E-state index contributed by atoms with van der Waals surface area (Å²) in [4.78, 5) is 14.9. The minimum absolute atomic E-state index is 0.0803. The van der Waals surface area contributed by atoms with Crippen LogP contribution in [0, 0.1) is 6.92 Å². The van der Waals surface area contributed by atoms with E-state index in [4.69, 9.17) is 14.3 Å². The number of nitrogens with zero attached hydrogens (tertiary/aromatic N) is 3. The Bertz CT molecular complexity index is 585. The van der Waals surface area contributed by atoms with Crippen LogP contribution in [-0.4, -0.2) is 32.4 Å². The summed E-state index contributed by atoms with van der Waals surface area (Å²) in [6.07, 6.45) is 1.57. The number of carboxylic acid groups (broad SMARTS) is 1. The van der Waals surface area contributed by atoms with Crippen molar-refractivity contribution in [3.8, 4) is 17.4 Å². The van der Waals surface area contributed by atoms with Gasteiger partial charge in [-0.1, -0.05) is 0 Å². The molecular weight excluding hydrogens is 238 g/mol. The molecule has 0 spiro atoms. The summed E-state index contributed by atoms with van der Waals surface area (Å²) in [6, 6.07) is 0. The van der Waals surface area contributed by atoms with Gasteiger partial charge < -0.3 is 14.3 Å². The normalized spacial score (nSPS) is 10.6. The van der Waals surface area contributed by atoms with Crippen LogP contribution in [0.5, 0.6) is 5.95 Å². The minimum atomic E-state index is -1.19. The Kier molecular flexibility index (Phi) is 3.05. The van der Waals surface area contributed by atoms with E-state index in [1.165, 1.54) is 0 Å². The van der Waals surface area contributed by atoms with Gasteiger partial charge in [-0.05, 0) is 13.8 Å². The molecule has 0 bridgehead atoms. The molecule has 0 aromatic carbocycles.